The standard InChI is InChI=1S/C30H42N6O3/c1-20(2)27(34-28(37)21(3)31-4)30(39)36-17-16-35(18-22-12-14-32-15-13-22)19-26(36)29(38)33-25-11-7-9-23-8-5-6-10-24(23)25/h5-6,8,10,12-15,20-21,25-27,31H,7,9,11,16-19H2,1-4H3,(H,33,38)(H,34,37)/t21-,25?,26-,27-/m0/s1. The number of hydrogen-bond donors (Lipinski definition) is 3. The van der Waals surface area contributed by atoms with Gasteiger partial charge in [-0.1, -0.05) is 38.1 Å². The minimum atomic E-state index is -0.717. The van der Waals surface area contributed by atoms with Crippen LogP contribution in [0.25, 0.3) is 0 Å². The predicted octanol–water partition coefficient (Wildman–Crippen LogP) is 2.04. The number of nitrogens with zero attached hydrogens (tertiary/aromatic N) is 3. The van der Waals surface area contributed by atoms with Gasteiger partial charge in [-0.2, -0.15) is 0 Å². The number of aromatic nitrogens is 1. The lowest BCUT2D eigenvalue weighted by Crippen LogP contribution is -2.64. The summed E-state index contributed by atoms with van der Waals surface area (Å²) >= 11 is 0. The number of amides is 3. The summed E-state index contributed by atoms with van der Waals surface area (Å²) < 4.78 is 0. The molecule has 1 fully saturated rings. The molecule has 0 saturated carbocycles. The van der Waals surface area contributed by atoms with E-state index in [1.807, 2.05) is 38.1 Å². The van der Waals surface area contributed by atoms with Crippen molar-refractivity contribution in [2.45, 2.75) is 70.7 Å². The summed E-state index contributed by atoms with van der Waals surface area (Å²) in [6.07, 6.45) is 6.42. The van der Waals surface area contributed by atoms with E-state index < -0.39 is 18.1 Å². The van der Waals surface area contributed by atoms with Crippen molar-refractivity contribution < 1.29 is 14.4 Å². The Bertz CT molecular complexity index is 1140. The third kappa shape index (κ3) is 7.02. The fourth-order valence-corrected chi connectivity index (χ4v) is 5.49. The fourth-order valence-electron chi connectivity index (χ4n) is 5.49. The summed E-state index contributed by atoms with van der Waals surface area (Å²) in [6, 6.07) is 10.3. The van der Waals surface area contributed by atoms with Crippen LogP contribution in [0.2, 0.25) is 0 Å². The van der Waals surface area contributed by atoms with E-state index in [4.69, 9.17) is 0 Å². The van der Waals surface area contributed by atoms with E-state index >= 15 is 0 Å². The summed E-state index contributed by atoms with van der Waals surface area (Å²) in [5, 5.41) is 9.13. The van der Waals surface area contributed by atoms with Gasteiger partial charge in [0.25, 0.3) is 0 Å². The van der Waals surface area contributed by atoms with Crippen LogP contribution in [0.1, 0.15) is 56.3 Å². The highest BCUT2D eigenvalue weighted by molar-refractivity contribution is 5.93. The first kappa shape index (κ1) is 28.7. The largest absolute Gasteiger partial charge is 0.347 e. The van der Waals surface area contributed by atoms with Gasteiger partial charge in [-0.25, -0.2) is 0 Å². The summed E-state index contributed by atoms with van der Waals surface area (Å²) in [6.45, 7) is 7.72. The van der Waals surface area contributed by atoms with E-state index in [0.717, 1.165) is 30.4 Å². The molecule has 1 aromatic heterocycles. The van der Waals surface area contributed by atoms with Gasteiger partial charge >= 0.3 is 0 Å². The van der Waals surface area contributed by atoms with Crippen LogP contribution in [-0.2, 0) is 27.3 Å². The molecular weight excluding hydrogens is 492 g/mol. The molecule has 4 rings (SSSR count). The van der Waals surface area contributed by atoms with Gasteiger partial charge in [0.05, 0.1) is 12.1 Å². The van der Waals surface area contributed by atoms with Crippen molar-refractivity contribution in [2.24, 2.45) is 5.92 Å². The zero-order chi connectivity index (χ0) is 27.9. The molecule has 9 heteroatoms. The number of pyridine rings is 1. The number of fused-ring (bicyclic) bond motifs is 1. The van der Waals surface area contributed by atoms with Crippen LogP contribution >= 0.6 is 0 Å². The van der Waals surface area contributed by atoms with Crippen LogP contribution in [0, 0.1) is 5.92 Å². The summed E-state index contributed by atoms with van der Waals surface area (Å²) in [5.41, 5.74) is 3.54. The zero-order valence-electron chi connectivity index (χ0n) is 23.5. The molecule has 1 unspecified atom stereocenters. The van der Waals surface area contributed by atoms with Crippen LogP contribution in [0.15, 0.2) is 48.8 Å². The first-order valence-corrected chi connectivity index (χ1v) is 14.1. The number of hydrogen-bond acceptors (Lipinski definition) is 6. The second-order valence-corrected chi connectivity index (χ2v) is 11.0. The van der Waals surface area contributed by atoms with E-state index in [2.05, 4.69) is 38.0 Å². The average Bonchev–Trinajstić information content (AvgIpc) is 2.95. The van der Waals surface area contributed by atoms with Gasteiger partial charge in [-0.05, 0) is 68.0 Å². The number of piperazine rings is 1. The lowest BCUT2D eigenvalue weighted by Gasteiger charge is -2.43. The van der Waals surface area contributed by atoms with Crippen molar-refractivity contribution >= 4 is 17.7 Å². The Hall–Kier alpha value is -3.30. The molecular formula is C30H42N6O3. The molecule has 1 aliphatic carbocycles. The minimum absolute atomic E-state index is 0.0768. The predicted molar refractivity (Wildman–Crippen MR) is 151 cm³/mol. The Balaban J connectivity index is 1.56. The third-order valence-electron chi connectivity index (χ3n) is 7.95. The summed E-state index contributed by atoms with van der Waals surface area (Å²) in [4.78, 5) is 48.5. The molecule has 1 aromatic carbocycles. The smallest absolute Gasteiger partial charge is 0.246 e. The topological polar surface area (TPSA) is 107 Å². The average molecular weight is 535 g/mol. The lowest BCUT2D eigenvalue weighted by atomic mass is 9.87. The van der Waals surface area contributed by atoms with Gasteiger partial charge in [-0.15, -0.1) is 0 Å². The minimum Gasteiger partial charge on any atom is -0.347 e. The van der Waals surface area contributed by atoms with E-state index in [9.17, 15) is 14.4 Å². The number of rotatable bonds is 9. The number of carbonyl (C=O) groups excluding carboxylic acids is 3. The molecule has 39 heavy (non-hydrogen) atoms. The van der Waals surface area contributed by atoms with Gasteiger partial charge in [-0.3, -0.25) is 24.3 Å². The third-order valence-corrected chi connectivity index (χ3v) is 7.95. The van der Waals surface area contributed by atoms with Gasteiger partial charge in [0.1, 0.15) is 12.1 Å². The molecule has 0 bridgehead atoms. The van der Waals surface area contributed by atoms with Crippen LogP contribution in [0.4, 0.5) is 0 Å². The Labute approximate surface area is 231 Å². The molecule has 0 radical (unpaired) electrons. The molecule has 4 atom stereocenters. The van der Waals surface area contributed by atoms with Crippen LogP contribution in [0.5, 0.6) is 0 Å². The number of benzene rings is 1. The van der Waals surface area contributed by atoms with Crippen molar-refractivity contribution in [3.8, 4) is 0 Å². The SMILES string of the molecule is CN[C@@H](C)C(=O)N[C@H](C(=O)N1CCN(Cc2ccncc2)C[C@H]1C(=O)NC1CCCc2ccccc21)C(C)C. The number of carbonyl (C=O) groups is 3. The number of nitrogens with one attached hydrogen (secondary N) is 3. The van der Waals surface area contributed by atoms with Crippen LogP contribution in [0.3, 0.4) is 0 Å². The maximum atomic E-state index is 13.9. The van der Waals surface area contributed by atoms with E-state index in [1.165, 1.54) is 5.56 Å². The Kier molecular flexibility index (Phi) is 9.69. The maximum Gasteiger partial charge on any atom is 0.246 e. The van der Waals surface area contributed by atoms with Gasteiger partial charge in [0, 0.05) is 38.6 Å². The molecule has 1 aliphatic heterocycles. The zero-order valence-corrected chi connectivity index (χ0v) is 23.5. The van der Waals surface area contributed by atoms with Crippen molar-refractivity contribution in [1.29, 1.82) is 0 Å². The second kappa shape index (κ2) is 13.2. The first-order chi connectivity index (χ1) is 18.8. The highest BCUT2D eigenvalue weighted by Gasteiger charge is 2.40. The molecule has 1 saturated heterocycles. The normalized spacial score (nSPS) is 21.1. The van der Waals surface area contributed by atoms with Crippen LogP contribution in [-0.4, -0.2) is 77.3 Å². The van der Waals surface area contributed by atoms with Crippen LogP contribution < -0.4 is 16.0 Å². The Morgan fingerprint density at radius 3 is 2.51 bits per heavy atom. The summed E-state index contributed by atoms with van der Waals surface area (Å²) in [5.74, 6) is -0.730. The Morgan fingerprint density at radius 2 is 1.79 bits per heavy atom. The molecule has 3 N–H and O–H groups in total. The van der Waals surface area contributed by atoms with Gasteiger partial charge in [0.2, 0.25) is 17.7 Å². The quantitative estimate of drug-likeness (QED) is 0.455. The van der Waals surface area contributed by atoms with E-state index in [-0.39, 0.29) is 29.7 Å². The van der Waals surface area contributed by atoms with Crippen molar-refractivity contribution in [1.82, 2.24) is 30.7 Å². The highest BCUT2D eigenvalue weighted by Crippen LogP contribution is 2.30. The van der Waals surface area contributed by atoms with E-state index in [1.54, 1.807) is 31.3 Å². The van der Waals surface area contributed by atoms with Crippen molar-refractivity contribution in [3.63, 3.8) is 0 Å². The molecule has 210 valence electrons. The van der Waals surface area contributed by atoms with Crippen molar-refractivity contribution in [3.05, 3.63) is 65.5 Å². The van der Waals surface area contributed by atoms with Crippen molar-refractivity contribution in [2.75, 3.05) is 26.7 Å². The second-order valence-electron chi connectivity index (χ2n) is 11.0. The van der Waals surface area contributed by atoms with E-state index in [0.29, 0.717) is 26.2 Å². The lowest BCUT2D eigenvalue weighted by molar-refractivity contribution is -0.148. The maximum absolute atomic E-state index is 13.9. The summed E-state index contributed by atoms with van der Waals surface area (Å²) in [7, 11) is 1.71. The molecule has 2 heterocycles. The fraction of sp³-hybridized carbons (Fsp3) is 0.533. The number of likely N-dealkylation sites (N-methyl/N-ethyl adjacent to an activating group) is 1. The number of aryl methyl sites for hydroxylation is 1. The Morgan fingerprint density at radius 1 is 1.05 bits per heavy atom. The molecule has 0 spiro atoms. The van der Waals surface area contributed by atoms with Gasteiger partial charge in [0.15, 0.2) is 0 Å². The first-order valence-electron chi connectivity index (χ1n) is 14.1. The molecule has 2 aromatic rings. The van der Waals surface area contributed by atoms with Gasteiger partial charge < -0.3 is 20.9 Å². The highest BCUT2D eigenvalue weighted by atomic mass is 16.2. The molecule has 3 amide bonds. The molecule has 2 aliphatic rings. The monoisotopic (exact) mass is 534 g/mol. The molecule has 9 nitrogen and oxygen atoms in total.